The van der Waals surface area contributed by atoms with Crippen LogP contribution < -0.4 is 0 Å². The summed E-state index contributed by atoms with van der Waals surface area (Å²) >= 11 is 0. The first-order valence-corrected chi connectivity index (χ1v) is 6.05. The van der Waals surface area contributed by atoms with Gasteiger partial charge in [0.1, 0.15) is 5.69 Å². The Morgan fingerprint density at radius 2 is 1.67 bits per heavy atom. The largest absolute Gasteiger partial charge is 0.287 e. The molecule has 0 amide bonds. The first-order chi connectivity index (χ1) is 8.48. The zero-order valence-electron chi connectivity index (χ0n) is 11.0. The van der Waals surface area contributed by atoms with Gasteiger partial charge in [-0.05, 0) is 23.1 Å². The molecule has 2 rings (SSSR count). The fourth-order valence-electron chi connectivity index (χ4n) is 1.77. The van der Waals surface area contributed by atoms with E-state index in [0.29, 0.717) is 11.3 Å². The van der Waals surface area contributed by atoms with Gasteiger partial charge in [-0.25, -0.2) is 0 Å². The minimum absolute atomic E-state index is 0.0314. The standard InChI is InChI=1S/C16H17NO/c1-16(2,3)13-9-7-12(8-10-13)15(18)14-6-4-5-11-17-14/h4-11H,1-3H3. The van der Waals surface area contributed by atoms with E-state index in [4.69, 9.17) is 0 Å². The lowest BCUT2D eigenvalue weighted by atomic mass is 9.86. The molecular weight excluding hydrogens is 222 g/mol. The molecule has 0 aliphatic rings. The number of aromatic nitrogens is 1. The molecule has 0 saturated heterocycles. The second kappa shape index (κ2) is 4.73. The van der Waals surface area contributed by atoms with E-state index >= 15 is 0 Å². The minimum atomic E-state index is -0.0314. The summed E-state index contributed by atoms with van der Waals surface area (Å²) in [6.07, 6.45) is 1.64. The average molecular weight is 239 g/mol. The number of pyridine rings is 1. The predicted molar refractivity (Wildman–Crippen MR) is 72.8 cm³/mol. The van der Waals surface area contributed by atoms with Crippen LogP contribution in [-0.2, 0) is 5.41 Å². The molecule has 1 aromatic heterocycles. The normalized spacial score (nSPS) is 11.3. The number of hydrogen-bond acceptors (Lipinski definition) is 2. The zero-order valence-corrected chi connectivity index (χ0v) is 11.0. The molecule has 0 spiro atoms. The number of nitrogens with zero attached hydrogens (tertiary/aromatic N) is 1. The van der Waals surface area contributed by atoms with Gasteiger partial charge in [0.2, 0.25) is 5.78 Å². The Morgan fingerprint density at radius 3 is 2.17 bits per heavy atom. The second-order valence-corrected chi connectivity index (χ2v) is 5.37. The average Bonchev–Trinajstić information content (AvgIpc) is 2.38. The van der Waals surface area contributed by atoms with Crippen LogP contribution in [0.5, 0.6) is 0 Å². The van der Waals surface area contributed by atoms with E-state index in [1.165, 1.54) is 5.56 Å². The molecule has 0 aliphatic carbocycles. The van der Waals surface area contributed by atoms with Crippen LogP contribution in [0.3, 0.4) is 0 Å². The van der Waals surface area contributed by atoms with Gasteiger partial charge in [0.25, 0.3) is 0 Å². The van der Waals surface area contributed by atoms with Crippen LogP contribution in [0.25, 0.3) is 0 Å². The number of carbonyl (C=O) groups is 1. The summed E-state index contributed by atoms with van der Waals surface area (Å²) in [4.78, 5) is 16.2. The van der Waals surface area contributed by atoms with Crippen molar-refractivity contribution in [3.8, 4) is 0 Å². The fourth-order valence-corrected chi connectivity index (χ4v) is 1.77. The van der Waals surface area contributed by atoms with Crippen molar-refractivity contribution < 1.29 is 4.79 Å². The van der Waals surface area contributed by atoms with Crippen molar-refractivity contribution >= 4 is 5.78 Å². The van der Waals surface area contributed by atoms with Crippen LogP contribution in [0.1, 0.15) is 42.4 Å². The summed E-state index contributed by atoms with van der Waals surface area (Å²) in [5.41, 5.74) is 2.50. The lowest BCUT2D eigenvalue weighted by Gasteiger charge is -2.18. The quantitative estimate of drug-likeness (QED) is 0.749. The van der Waals surface area contributed by atoms with E-state index in [9.17, 15) is 4.79 Å². The van der Waals surface area contributed by atoms with E-state index in [1.807, 2.05) is 30.3 Å². The molecule has 2 nitrogen and oxygen atoms in total. The summed E-state index contributed by atoms with van der Waals surface area (Å²) in [7, 11) is 0. The third kappa shape index (κ3) is 2.65. The Bertz CT molecular complexity index is 536. The Morgan fingerprint density at radius 1 is 1.00 bits per heavy atom. The molecule has 0 unspecified atom stereocenters. The van der Waals surface area contributed by atoms with Crippen molar-refractivity contribution in [3.05, 3.63) is 65.5 Å². The molecule has 0 saturated carbocycles. The molecule has 2 heteroatoms. The summed E-state index contributed by atoms with van der Waals surface area (Å²) in [6.45, 7) is 6.47. The Balaban J connectivity index is 2.28. The number of hydrogen-bond donors (Lipinski definition) is 0. The van der Waals surface area contributed by atoms with Crippen molar-refractivity contribution in [2.75, 3.05) is 0 Å². The topological polar surface area (TPSA) is 30.0 Å². The lowest BCUT2D eigenvalue weighted by molar-refractivity contribution is 0.103. The van der Waals surface area contributed by atoms with E-state index in [0.717, 1.165) is 0 Å². The number of ketones is 1. The Hall–Kier alpha value is -1.96. The molecule has 0 bridgehead atoms. The summed E-state index contributed by atoms with van der Waals surface area (Å²) in [5.74, 6) is -0.0314. The smallest absolute Gasteiger partial charge is 0.211 e. The van der Waals surface area contributed by atoms with E-state index in [-0.39, 0.29) is 11.2 Å². The molecule has 92 valence electrons. The highest BCUT2D eigenvalue weighted by Crippen LogP contribution is 2.22. The van der Waals surface area contributed by atoms with E-state index in [2.05, 4.69) is 25.8 Å². The van der Waals surface area contributed by atoms with E-state index < -0.39 is 0 Å². The molecule has 18 heavy (non-hydrogen) atoms. The van der Waals surface area contributed by atoms with Crippen LogP contribution >= 0.6 is 0 Å². The van der Waals surface area contributed by atoms with Crippen LogP contribution in [0.15, 0.2) is 48.7 Å². The third-order valence-corrected chi connectivity index (χ3v) is 2.91. The van der Waals surface area contributed by atoms with Gasteiger partial charge in [0.05, 0.1) is 0 Å². The monoisotopic (exact) mass is 239 g/mol. The van der Waals surface area contributed by atoms with E-state index in [1.54, 1.807) is 18.3 Å². The van der Waals surface area contributed by atoms with Gasteiger partial charge in [0, 0.05) is 11.8 Å². The molecule has 0 fully saturated rings. The molecule has 1 aromatic carbocycles. The highest BCUT2D eigenvalue weighted by molar-refractivity contribution is 6.07. The summed E-state index contributed by atoms with van der Waals surface area (Å²) in [6, 6.07) is 13.1. The molecule has 1 heterocycles. The summed E-state index contributed by atoms with van der Waals surface area (Å²) in [5, 5.41) is 0. The minimum Gasteiger partial charge on any atom is -0.287 e. The zero-order chi connectivity index (χ0) is 13.2. The summed E-state index contributed by atoms with van der Waals surface area (Å²) < 4.78 is 0. The molecule has 0 radical (unpaired) electrons. The van der Waals surface area contributed by atoms with Crippen LogP contribution in [0.4, 0.5) is 0 Å². The van der Waals surface area contributed by atoms with Gasteiger partial charge in [-0.15, -0.1) is 0 Å². The van der Waals surface area contributed by atoms with Gasteiger partial charge in [-0.3, -0.25) is 9.78 Å². The first-order valence-electron chi connectivity index (χ1n) is 6.05. The molecule has 0 N–H and O–H groups in total. The molecule has 0 atom stereocenters. The lowest BCUT2D eigenvalue weighted by Crippen LogP contribution is -2.11. The maximum atomic E-state index is 12.1. The molecule has 0 aliphatic heterocycles. The fraction of sp³-hybridized carbons (Fsp3) is 0.250. The van der Waals surface area contributed by atoms with Gasteiger partial charge >= 0.3 is 0 Å². The Labute approximate surface area is 108 Å². The molecule has 2 aromatic rings. The predicted octanol–water partition coefficient (Wildman–Crippen LogP) is 3.61. The van der Waals surface area contributed by atoms with Crippen molar-refractivity contribution in [1.82, 2.24) is 4.98 Å². The van der Waals surface area contributed by atoms with Crippen LogP contribution in [0.2, 0.25) is 0 Å². The van der Waals surface area contributed by atoms with Gasteiger partial charge < -0.3 is 0 Å². The van der Waals surface area contributed by atoms with Crippen molar-refractivity contribution in [1.29, 1.82) is 0 Å². The van der Waals surface area contributed by atoms with Crippen LogP contribution in [0, 0.1) is 0 Å². The number of benzene rings is 1. The highest BCUT2D eigenvalue weighted by Gasteiger charge is 2.15. The number of carbonyl (C=O) groups excluding carboxylic acids is 1. The Kier molecular flexibility index (Phi) is 3.28. The highest BCUT2D eigenvalue weighted by atomic mass is 16.1. The maximum Gasteiger partial charge on any atom is 0.211 e. The maximum absolute atomic E-state index is 12.1. The third-order valence-electron chi connectivity index (χ3n) is 2.91. The van der Waals surface area contributed by atoms with Gasteiger partial charge in [-0.1, -0.05) is 51.1 Å². The van der Waals surface area contributed by atoms with Gasteiger partial charge in [-0.2, -0.15) is 0 Å². The number of rotatable bonds is 2. The van der Waals surface area contributed by atoms with Crippen molar-refractivity contribution in [2.24, 2.45) is 0 Å². The molecular formula is C16H17NO. The van der Waals surface area contributed by atoms with Crippen LogP contribution in [-0.4, -0.2) is 10.8 Å². The SMILES string of the molecule is CC(C)(C)c1ccc(C(=O)c2ccccn2)cc1. The van der Waals surface area contributed by atoms with Crippen molar-refractivity contribution in [3.63, 3.8) is 0 Å². The van der Waals surface area contributed by atoms with Crippen molar-refractivity contribution in [2.45, 2.75) is 26.2 Å². The first kappa shape index (κ1) is 12.5. The second-order valence-electron chi connectivity index (χ2n) is 5.37. The van der Waals surface area contributed by atoms with Gasteiger partial charge in [0.15, 0.2) is 0 Å².